The Balaban J connectivity index is 0.00000132. The van der Waals surface area contributed by atoms with Crippen molar-refractivity contribution in [1.82, 2.24) is 10.2 Å². The molecular formula is C16H24BrCl2FN2O. The Kier molecular flexibility index (Phi) is 8.59. The average Bonchev–Trinajstić information content (AvgIpc) is 3.02. The smallest absolute Gasteiger partial charge is 0.165 e. The monoisotopic (exact) mass is 428 g/mol. The van der Waals surface area contributed by atoms with E-state index in [1.807, 2.05) is 0 Å². The molecule has 0 radical (unpaired) electrons. The largest absolute Gasteiger partial charge is 0.505 e. The van der Waals surface area contributed by atoms with Crippen LogP contribution in [0.1, 0.15) is 37.3 Å². The van der Waals surface area contributed by atoms with Gasteiger partial charge in [0.15, 0.2) is 11.6 Å². The van der Waals surface area contributed by atoms with E-state index in [2.05, 4.69) is 26.1 Å². The summed E-state index contributed by atoms with van der Waals surface area (Å²) in [5, 5.41) is 13.7. The van der Waals surface area contributed by atoms with Gasteiger partial charge in [-0.2, -0.15) is 0 Å². The summed E-state index contributed by atoms with van der Waals surface area (Å²) in [6, 6.07) is 3.15. The molecule has 2 aliphatic rings. The Morgan fingerprint density at radius 1 is 1.17 bits per heavy atom. The Morgan fingerprint density at radius 2 is 1.78 bits per heavy atom. The van der Waals surface area contributed by atoms with Gasteiger partial charge in [0.1, 0.15) is 0 Å². The molecule has 3 rings (SSSR count). The zero-order valence-corrected chi connectivity index (χ0v) is 16.2. The fourth-order valence-electron chi connectivity index (χ4n) is 3.79. The second-order valence-corrected chi connectivity index (χ2v) is 6.92. The normalized spacial score (nSPS) is 20.6. The zero-order valence-electron chi connectivity index (χ0n) is 12.9. The summed E-state index contributed by atoms with van der Waals surface area (Å²) in [5.41, 5.74) is 0.740. The molecule has 2 fully saturated rings. The van der Waals surface area contributed by atoms with E-state index in [-0.39, 0.29) is 36.6 Å². The van der Waals surface area contributed by atoms with Crippen LogP contribution in [0.5, 0.6) is 5.75 Å². The first kappa shape index (κ1) is 21.0. The molecule has 1 saturated heterocycles. The molecule has 1 aromatic carbocycles. The average molecular weight is 430 g/mol. The molecule has 1 atom stereocenters. The molecule has 0 amide bonds. The molecule has 1 heterocycles. The Labute approximate surface area is 158 Å². The number of hydrogen-bond acceptors (Lipinski definition) is 3. The number of benzene rings is 1. The van der Waals surface area contributed by atoms with Crippen molar-refractivity contribution in [3.8, 4) is 5.75 Å². The van der Waals surface area contributed by atoms with Crippen molar-refractivity contribution in [3.63, 3.8) is 0 Å². The Hall–Kier alpha value is -0.0700. The van der Waals surface area contributed by atoms with E-state index in [0.717, 1.165) is 49.1 Å². The lowest BCUT2D eigenvalue weighted by atomic mass is 9.89. The third kappa shape index (κ3) is 4.51. The van der Waals surface area contributed by atoms with Crippen molar-refractivity contribution in [2.45, 2.75) is 31.7 Å². The first-order chi connectivity index (χ1) is 10.2. The second-order valence-electron chi connectivity index (χ2n) is 6.07. The molecule has 3 nitrogen and oxygen atoms in total. The molecular weight excluding hydrogens is 406 g/mol. The summed E-state index contributed by atoms with van der Waals surface area (Å²) >= 11 is 3.53. The van der Waals surface area contributed by atoms with Gasteiger partial charge in [0, 0.05) is 42.3 Å². The lowest BCUT2D eigenvalue weighted by molar-refractivity contribution is 0.122. The molecule has 23 heavy (non-hydrogen) atoms. The third-order valence-corrected chi connectivity index (χ3v) is 5.49. The lowest BCUT2D eigenvalue weighted by Gasteiger charge is -2.39. The highest BCUT2D eigenvalue weighted by atomic mass is 79.9. The molecule has 1 saturated carbocycles. The van der Waals surface area contributed by atoms with Crippen molar-refractivity contribution in [2.24, 2.45) is 5.92 Å². The van der Waals surface area contributed by atoms with Gasteiger partial charge in [-0.25, -0.2) is 4.39 Å². The molecule has 0 bridgehead atoms. The van der Waals surface area contributed by atoms with E-state index in [4.69, 9.17) is 0 Å². The molecule has 132 valence electrons. The van der Waals surface area contributed by atoms with Crippen LogP contribution in [0.15, 0.2) is 16.6 Å². The second kappa shape index (κ2) is 9.42. The maximum absolute atomic E-state index is 13.9. The van der Waals surface area contributed by atoms with Crippen LogP contribution < -0.4 is 5.32 Å². The highest BCUT2D eigenvalue weighted by molar-refractivity contribution is 9.10. The molecule has 2 N–H and O–H groups in total. The molecule has 1 aliphatic carbocycles. The molecule has 1 aliphatic heterocycles. The highest BCUT2D eigenvalue weighted by Gasteiger charge is 2.35. The van der Waals surface area contributed by atoms with Crippen LogP contribution >= 0.6 is 40.7 Å². The number of nitrogens with zero attached hydrogens (tertiary/aromatic N) is 1. The van der Waals surface area contributed by atoms with Gasteiger partial charge >= 0.3 is 0 Å². The van der Waals surface area contributed by atoms with Gasteiger partial charge in [-0.3, -0.25) is 4.90 Å². The number of rotatable bonds is 3. The van der Waals surface area contributed by atoms with Crippen LogP contribution in [-0.4, -0.2) is 36.2 Å². The summed E-state index contributed by atoms with van der Waals surface area (Å²) in [4.78, 5) is 2.41. The summed E-state index contributed by atoms with van der Waals surface area (Å²) in [7, 11) is 0. The van der Waals surface area contributed by atoms with E-state index in [1.54, 1.807) is 6.07 Å². The van der Waals surface area contributed by atoms with E-state index in [0.29, 0.717) is 5.92 Å². The van der Waals surface area contributed by atoms with Crippen LogP contribution in [-0.2, 0) is 0 Å². The molecule has 7 heteroatoms. The number of phenols is 1. The summed E-state index contributed by atoms with van der Waals surface area (Å²) in [6.45, 7) is 3.81. The van der Waals surface area contributed by atoms with Gasteiger partial charge < -0.3 is 10.4 Å². The lowest BCUT2D eigenvalue weighted by Crippen LogP contribution is -2.46. The number of halogens is 4. The van der Waals surface area contributed by atoms with E-state index >= 15 is 0 Å². The maximum atomic E-state index is 13.9. The van der Waals surface area contributed by atoms with E-state index in [9.17, 15) is 9.50 Å². The number of phenolic OH excluding ortho intramolecular Hbond substituents is 1. The summed E-state index contributed by atoms with van der Waals surface area (Å²) in [5.74, 6) is -0.196. The maximum Gasteiger partial charge on any atom is 0.165 e. The SMILES string of the molecule is Cl.Cl.Oc1c(F)ccc(Br)c1[C@@H](C1CCCC1)N1CCNCC1. The molecule has 0 aromatic heterocycles. The van der Waals surface area contributed by atoms with Gasteiger partial charge in [0.2, 0.25) is 0 Å². The third-order valence-electron chi connectivity index (χ3n) is 4.80. The summed E-state index contributed by atoms with van der Waals surface area (Å²) < 4.78 is 14.7. The van der Waals surface area contributed by atoms with Crippen LogP contribution in [0.4, 0.5) is 4.39 Å². The topological polar surface area (TPSA) is 35.5 Å². The quantitative estimate of drug-likeness (QED) is 0.752. The van der Waals surface area contributed by atoms with E-state index < -0.39 is 5.82 Å². The first-order valence-corrected chi connectivity index (χ1v) is 8.59. The van der Waals surface area contributed by atoms with Gasteiger partial charge in [0.25, 0.3) is 0 Å². The fraction of sp³-hybridized carbons (Fsp3) is 0.625. The Bertz CT molecular complexity index is 509. The van der Waals surface area contributed by atoms with Gasteiger partial charge in [-0.1, -0.05) is 28.8 Å². The van der Waals surface area contributed by atoms with Gasteiger partial charge in [-0.05, 0) is 30.9 Å². The van der Waals surface area contributed by atoms with Gasteiger partial charge in [-0.15, -0.1) is 24.8 Å². The van der Waals surface area contributed by atoms with Crippen LogP contribution in [0.3, 0.4) is 0 Å². The predicted molar refractivity (Wildman–Crippen MR) is 99.4 cm³/mol. The number of hydrogen-bond donors (Lipinski definition) is 2. The molecule has 0 spiro atoms. The van der Waals surface area contributed by atoms with Crippen LogP contribution in [0.2, 0.25) is 0 Å². The van der Waals surface area contributed by atoms with Gasteiger partial charge in [0.05, 0.1) is 0 Å². The van der Waals surface area contributed by atoms with Crippen LogP contribution in [0, 0.1) is 11.7 Å². The van der Waals surface area contributed by atoms with Crippen molar-refractivity contribution in [1.29, 1.82) is 0 Å². The fourth-order valence-corrected chi connectivity index (χ4v) is 4.34. The van der Waals surface area contributed by atoms with Crippen molar-refractivity contribution in [3.05, 3.63) is 28.0 Å². The van der Waals surface area contributed by atoms with Crippen molar-refractivity contribution < 1.29 is 9.50 Å². The van der Waals surface area contributed by atoms with E-state index in [1.165, 1.54) is 18.9 Å². The first-order valence-electron chi connectivity index (χ1n) is 7.80. The standard InChI is InChI=1S/C16H22BrFN2O.2ClH/c17-12-5-6-13(18)16(21)14(12)15(11-3-1-2-4-11)20-9-7-19-8-10-20;;/h5-6,11,15,19,21H,1-4,7-10H2;2*1H/t15-;;/m1../s1. The minimum atomic E-state index is -0.522. The van der Waals surface area contributed by atoms with Crippen molar-refractivity contribution >= 4 is 40.7 Å². The number of aromatic hydroxyl groups is 1. The zero-order chi connectivity index (χ0) is 14.8. The summed E-state index contributed by atoms with van der Waals surface area (Å²) in [6.07, 6.45) is 4.80. The minimum absolute atomic E-state index is 0. The Morgan fingerprint density at radius 3 is 2.39 bits per heavy atom. The highest BCUT2D eigenvalue weighted by Crippen LogP contribution is 2.45. The molecule has 1 aromatic rings. The minimum Gasteiger partial charge on any atom is -0.505 e. The number of nitrogens with one attached hydrogen (secondary N) is 1. The predicted octanol–water partition coefficient (Wildman–Crippen LogP) is 4.27. The number of piperazine rings is 1. The van der Waals surface area contributed by atoms with Crippen molar-refractivity contribution in [2.75, 3.05) is 26.2 Å². The molecule has 0 unspecified atom stereocenters. The van der Waals surface area contributed by atoms with Crippen LogP contribution in [0.25, 0.3) is 0 Å².